The summed E-state index contributed by atoms with van der Waals surface area (Å²) in [6.45, 7) is 1.77. The second-order valence-electron chi connectivity index (χ2n) is 4.13. The molecule has 0 aliphatic carbocycles. The Morgan fingerprint density at radius 1 is 1.10 bits per heavy atom. The number of amides is 2. The van der Waals surface area contributed by atoms with E-state index < -0.39 is 11.8 Å². The summed E-state index contributed by atoms with van der Waals surface area (Å²) in [6.07, 6.45) is 1.52. The van der Waals surface area contributed by atoms with Crippen LogP contribution in [-0.2, 0) is 9.59 Å². The number of rotatable bonds is 2. The Kier molecular flexibility index (Phi) is 3.95. The van der Waals surface area contributed by atoms with Crippen molar-refractivity contribution in [3.8, 4) is 5.75 Å². The van der Waals surface area contributed by atoms with Gasteiger partial charge in [-0.2, -0.15) is 0 Å². The summed E-state index contributed by atoms with van der Waals surface area (Å²) in [5, 5.41) is 14.1. The number of carbonyl (C=O) groups excluding carboxylic acids is 2. The Balaban J connectivity index is 2.03. The quantitative estimate of drug-likeness (QED) is 0.724. The first-order valence-electron chi connectivity index (χ1n) is 5.89. The number of benzene rings is 1. The van der Waals surface area contributed by atoms with E-state index in [9.17, 15) is 14.7 Å². The van der Waals surface area contributed by atoms with Crippen molar-refractivity contribution in [1.82, 2.24) is 4.98 Å². The average molecular weight is 271 g/mol. The van der Waals surface area contributed by atoms with E-state index in [1.807, 2.05) is 0 Å². The van der Waals surface area contributed by atoms with E-state index in [2.05, 4.69) is 15.6 Å². The third-order valence-corrected chi connectivity index (χ3v) is 2.55. The second kappa shape index (κ2) is 5.83. The molecule has 2 rings (SSSR count). The normalized spacial score (nSPS) is 9.85. The fourth-order valence-electron chi connectivity index (χ4n) is 1.55. The Labute approximate surface area is 115 Å². The number of carbonyl (C=O) groups is 2. The molecule has 2 aromatic rings. The smallest absolute Gasteiger partial charge is 0.315 e. The van der Waals surface area contributed by atoms with Crippen LogP contribution in [0.1, 0.15) is 5.56 Å². The maximum absolute atomic E-state index is 11.7. The Bertz CT molecular complexity index is 656. The highest BCUT2D eigenvalue weighted by molar-refractivity contribution is 6.43. The largest absolute Gasteiger partial charge is 0.508 e. The maximum Gasteiger partial charge on any atom is 0.315 e. The molecule has 0 radical (unpaired) electrons. The van der Waals surface area contributed by atoms with Crippen LogP contribution in [0.15, 0.2) is 42.6 Å². The van der Waals surface area contributed by atoms with Crippen LogP contribution >= 0.6 is 0 Å². The van der Waals surface area contributed by atoms with Gasteiger partial charge in [0.1, 0.15) is 11.6 Å². The fourth-order valence-corrected chi connectivity index (χ4v) is 1.55. The summed E-state index contributed by atoms with van der Waals surface area (Å²) < 4.78 is 0. The molecule has 1 aromatic carbocycles. The molecule has 0 atom stereocenters. The molecule has 0 aliphatic heterocycles. The van der Waals surface area contributed by atoms with Crippen molar-refractivity contribution in [3.05, 3.63) is 48.2 Å². The molecule has 0 saturated heterocycles. The van der Waals surface area contributed by atoms with Crippen molar-refractivity contribution in [2.75, 3.05) is 10.6 Å². The lowest BCUT2D eigenvalue weighted by atomic mass is 10.3. The zero-order chi connectivity index (χ0) is 14.5. The van der Waals surface area contributed by atoms with Gasteiger partial charge in [0.05, 0.1) is 0 Å². The molecule has 0 aliphatic rings. The number of phenolic OH excluding ortho intramolecular Hbond substituents is 1. The maximum atomic E-state index is 11.7. The predicted octanol–water partition coefficient (Wildman–Crippen LogP) is 1.67. The third kappa shape index (κ3) is 3.32. The molecular weight excluding hydrogens is 258 g/mol. The molecule has 0 unspecified atom stereocenters. The third-order valence-electron chi connectivity index (χ3n) is 2.55. The van der Waals surface area contributed by atoms with Crippen molar-refractivity contribution in [2.45, 2.75) is 6.92 Å². The number of aryl methyl sites for hydroxylation is 1. The fraction of sp³-hybridized carbons (Fsp3) is 0.0714. The van der Waals surface area contributed by atoms with E-state index in [0.29, 0.717) is 11.5 Å². The van der Waals surface area contributed by atoms with E-state index in [1.54, 1.807) is 31.2 Å². The molecular formula is C14H13N3O3. The molecule has 102 valence electrons. The number of nitrogens with one attached hydrogen (secondary N) is 2. The van der Waals surface area contributed by atoms with Gasteiger partial charge in [-0.3, -0.25) is 9.59 Å². The Hall–Kier alpha value is -2.89. The molecule has 20 heavy (non-hydrogen) atoms. The number of phenols is 1. The zero-order valence-corrected chi connectivity index (χ0v) is 10.8. The summed E-state index contributed by atoms with van der Waals surface area (Å²) in [5.74, 6) is -1.32. The summed E-state index contributed by atoms with van der Waals surface area (Å²) in [4.78, 5) is 27.4. The van der Waals surface area contributed by atoms with Crippen LogP contribution in [0.5, 0.6) is 5.75 Å². The van der Waals surface area contributed by atoms with Gasteiger partial charge in [0.25, 0.3) is 0 Å². The van der Waals surface area contributed by atoms with E-state index >= 15 is 0 Å². The minimum Gasteiger partial charge on any atom is -0.508 e. The monoisotopic (exact) mass is 271 g/mol. The van der Waals surface area contributed by atoms with Gasteiger partial charge in [0.15, 0.2) is 0 Å². The number of hydrogen-bond donors (Lipinski definition) is 3. The van der Waals surface area contributed by atoms with Crippen LogP contribution in [0.2, 0.25) is 0 Å². The first kappa shape index (κ1) is 13.5. The van der Waals surface area contributed by atoms with Gasteiger partial charge in [-0.05, 0) is 30.7 Å². The molecule has 0 saturated carbocycles. The van der Waals surface area contributed by atoms with Gasteiger partial charge in [-0.1, -0.05) is 12.1 Å². The lowest BCUT2D eigenvalue weighted by Crippen LogP contribution is -2.29. The van der Waals surface area contributed by atoms with Gasteiger partial charge in [0, 0.05) is 18.0 Å². The second-order valence-corrected chi connectivity index (χ2v) is 4.13. The highest BCUT2D eigenvalue weighted by Gasteiger charge is 2.15. The number of aromatic nitrogens is 1. The first-order valence-corrected chi connectivity index (χ1v) is 5.89. The van der Waals surface area contributed by atoms with E-state index in [0.717, 1.165) is 5.56 Å². The lowest BCUT2D eigenvalue weighted by molar-refractivity contribution is -0.133. The summed E-state index contributed by atoms with van der Waals surface area (Å²) in [7, 11) is 0. The average Bonchev–Trinajstić information content (AvgIpc) is 2.41. The Morgan fingerprint density at radius 3 is 2.55 bits per heavy atom. The highest BCUT2D eigenvalue weighted by atomic mass is 16.3. The summed E-state index contributed by atoms with van der Waals surface area (Å²) in [6, 6.07) is 9.44. The van der Waals surface area contributed by atoms with Crippen molar-refractivity contribution in [1.29, 1.82) is 0 Å². The minimum absolute atomic E-state index is 0.00350. The van der Waals surface area contributed by atoms with Crippen molar-refractivity contribution in [3.63, 3.8) is 0 Å². The lowest BCUT2D eigenvalue weighted by Gasteiger charge is -2.07. The predicted molar refractivity (Wildman–Crippen MR) is 74.3 cm³/mol. The minimum atomic E-state index is -0.833. The molecule has 1 heterocycles. The van der Waals surface area contributed by atoms with Crippen molar-refractivity contribution in [2.24, 2.45) is 0 Å². The van der Waals surface area contributed by atoms with E-state index in [-0.39, 0.29) is 5.75 Å². The van der Waals surface area contributed by atoms with Crippen LogP contribution in [0.4, 0.5) is 11.5 Å². The molecule has 6 nitrogen and oxygen atoms in total. The van der Waals surface area contributed by atoms with Gasteiger partial charge < -0.3 is 15.7 Å². The highest BCUT2D eigenvalue weighted by Crippen LogP contribution is 2.15. The molecule has 2 amide bonds. The topological polar surface area (TPSA) is 91.3 Å². The van der Waals surface area contributed by atoms with Crippen molar-refractivity contribution >= 4 is 23.3 Å². The number of anilines is 2. The SMILES string of the molecule is Cc1cccnc1NC(=O)C(=O)Nc1cccc(O)c1. The number of aromatic hydroxyl groups is 1. The molecule has 3 N–H and O–H groups in total. The van der Waals surface area contributed by atoms with Crippen LogP contribution in [0.25, 0.3) is 0 Å². The van der Waals surface area contributed by atoms with Gasteiger partial charge in [-0.15, -0.1) is 0 Å². The van der Waals surface area contributed by atoms with E-state index in [4.69, 9.17) is 0 Å². The molecule has 1 aromatic heterocycles. The van der Waals surface area contributed by atoms with Gasteiger partial charge >= 0.3 is 11.8 Å². The van der Waals surface area contributed by atoms with Crippen LogP contribution < -0.4 is 10.6 Å². The molecule has 0 fully saturated rings. The van der Waals surface area contributed by atoms with Gasteiger partial charge in [0.2, 0.25) is 0 Å². The molecule has 6 heteroatoms. The van der Waals surface area contributed by atoms with Crippen molar-refractivity contribution < 1.29 is 14.7 Å². The Morgan fingerprint density at radius 2 is 1.85 bits per heavy atom. The van der Waals surface area contributed by atoms with Crippen LogP contribution in [0, 0.1) is 6.92 Å². The van der Waals surface area contributed by atoms with Crippen LogP contribution in [-0.4, -0.2) is 21.9 Å². The number of hydrogen-bond acceptors (Lipinski definition) is 4. The molecule has 0 bridgehead atoms. The molecule has 0 spiro atoms. The van der Waals surface area contributed by atoms with E-state index in [1.165, 1.54) is 18.3 Å². The summed E-state index contributed by atoms with van der Waals surface area (Å²) >= 11 is 0. The summed E-state index contributed by atoms with van der Waals surface area (Å²) in [5.41, 5.74) is 1.09. The number of pyridine rings is 1. The number of nitrogens with zero attached hydrogens (tertiary/aromatic N) is 1. The first-order chi connectivity index (χ1) is 9.56. The standard InChI is InChI=1S/C14H13N3O3/c1-9-4-3-7-15-12(9)17-14(20)13(19)16-10-5-2-6-11(18)8-10/h2-8,18H,1H3,(H,16,19)(H,15,17,20). The van der Waals surface area contributed by atoms with Gasteiger partial charge in [-0.25, -0.2) is 4.98 Å². The van der Waals surface area contributed by atoms with Crippen LogP contribution in [0.3, 0.4) is 0 Å². The zero-order valence-electron chi connectivity index (χ0n) is 10.8.